The van der Waals surface area contributed by atoms with Gasteiger partial charge in [-0.15, -0.1) is 11.8 Å². The molecule has 3 N–H and O–H groups in total. The van der Waals surface area contributed by atoms with Gasteiger partial charge in [-0.25, -0.2) is 0 Å². The van der Waals surface area contributed by atoms with Crippen LogP contribution >= 0.6 is 11.8 Å². The lowest BCUT2D eigenvalue weighted by atomic mass is 9.96. The zero-order valence-electron chi connectivity index (χ0n) is 9.10. The molecular weight excluding hydrogens is 192 g/mol. The number of thioether (sulfide) groups is 1. The average molecular weight is 212 g/mol. The van der Waals surface area contributed by atoms with Gasteiger partial charge in [0.05, 0.1) is 0 Å². The van der Waals surface area contributed by atoms with Crippen molar-refractivity contribution in [2.45, 2.75) is 37.5 Å². The monoisotopic (exact) mass is 212 g/mol. The van der Waals surface area contributed by atoms with Gasteiger partial charge >= 0.3 is 0 Å². The van der Waals surface area contributed by atoms with Gasteiger partial charge in [0.25, 0.3) is 0 Å². The van der Waals surface area contributed by atoms with Crippen LogP contribution in [0.5, 0.6) is 0 Å². The quantitative estimate of drug-likeness (QED) is 0.543. The molecule has 0 aliphatic carbocycles. The van der Waals surface area contributed by atoms with E-state index < -0.39 is 0 Å². The van der Waals surface area contributed by atoms with Crippen LogP contribution in [0.1, 0.15) is 26.7 Å². The van der Waals surface area contributed by atoms with Gasteiger partial charge in [-0.05, 0) is 13.3 Å². The lowest BCUT2D eigenvalue weighted by Crippen LogP contribution is -2.52. The van der Waals surface area contributed by atoms with Crippen molar-refractivity contribution in [2.75, 3.05) is 18.8 Å². The first-order chi connectivity index (χ1) is 6.72. The SMILES string of the molecule is CC#CCCNC1(CN)CSC(C)C1. The zero-order chi connectivity index (χ0) is 10.4. The van der Waals surface area contributed by atoms with E-state index in [2.05, 4.69) is 24.1 Å². The highest BCUT2D eigenvalue weighted by Crippen LogP contribution is 2.33. The highest BCUT2D eigenvalue weighted by molar-refractivity contribution is 8.00. The van der Waals surface area contributed by atoms with Crippen LogP contribution in [0.25, 0.3) is 0 Å². The van der Waals surface area contributed by atoms with Gasteiger partial charge in [-0.2, -0.15) is 11.8 Å². The summed E-state index contributed by atoms with van der Waals surface area (Å²) in [6.45, 7) is 5.86. The summed E-state index contributed by atoms with van der Waals surface area (Å²) >= 11 is 2.01. The standard InChI is InChI=1S/C11H20N2S/c1-3-4-5-6-13-11(8-12)7-10(2)14-9-11/h10,13H,5-9,12H2,1-2H3. The van der Waals surface area contributed by atoms with Gasteiger partial charge in [0.1, 0.15) is 0 Å². The summed E-state index contributed by atoms with van der Waals surface area (Å²) in [6.07, 6.45) is 2.12. The second-order valence-electron chi connectivity index (χ2n) is 3.91. The first kappa shape index (κ1) is 11.9. The summed E-state index contributed by atoms with van der Waals surface area (Å²) in [6, 6.07) is 0. The Kier molecular flexibility index (Phi) is 4.80. The molecule has 2 atom stereocenters. The Bertz CT molecular complexity index is 231. The molecular formula is C11H20N2S. The Hall–Kier alpha value is -0.170. The lowest BCUT2D eigenvalue weighted by Gasteiger charge is -2.28. The topological polar surface area (TPSA) is 38.0 Å². The van der Waals surface area contributed by atoms with Crippen molar-refractivity contribution in [2.24, 2.45) is 5.73 Å². The third kappa shape index (κ3) is 3.20. The van der Waals surface area contributed by atoms with Crippen LogP contribution < -0.4 is 11.1 Å². The minimum absolute atomic E-state index is 0.180. The highest BCUT2D eigenvalue weighted by Gasteiger charge is 2.35. The molecule has 0 aromatic carbocycles. The maximum Gasteiger partial charge on any atom is 0.0406 e. The van der Waals surface area contributed by atoms with E-state index >= 15 is 0 Å². The summed E-state index contributed by atoms with van der Waals surface area (Å²) in [5, 5.41) is 4.30. The maximum atomic E-state index is 5.83. The first-order valence-electron chi connectivity index (χ1n) is 5.19. The predicted octanol–water partition coefficient (Wildman–Crippen LogP) is 1.21. The van der Waals surface area contributed by atoms with Gasteiger partial charge in [0.15, 0.2) is 0 Å². The van der Waals surface area contributed by atoms with Gasteiger partial charge < -0.3 is 11.1 Å². The Balaban J connectivity index is 2.33. The third-order valence-electron chi connectivity index (χ3n) is 2.64. The third-order valence-corrected chi connectivity index (χ3v) is 4.09. The van der Waals surface area contributed by atoms with Crippen molar-refractivity contribution >= 4 is 11.8 Å². The average Bonchev–Trinajstić information content (AvgIpc) is 2.56. The molecule has 1 aliphatic rings. The van der Waals surface area contributed by atoms with Crippen LogP contribution in [0.2, 0.25) is 0 Å². The summed E-state index contributed by atoms with van der Waals surface area (Å²) in [5.41, 5.74) is 6.01. The summed E-state index contributed by atoms with van der Waals surface area (Å²) in [7, 11) is 0. The van der Waals surface area contributed by atoms with E-state index in [0.29, 0.717) is 0 Å². The van der Waals surface area contributed by atoms with Gasteiger partial charge in [-0.3, -0.25) is 0 Å². The molecule has 0 radical (unpaired) electrons. The van der Waals surface area contributed by atoms with Crippen LogP contribution in [-0.2, 0) is 0 Å². The van der Waals surface area contributed by atoms with Crippen LogP contribution in [0.15, 0.2) is 0 Å². The molecule has 0 bridgehead atoms. The molecule has 1 heterocycles. The molecule has 14 heavy (non-hydrogen) atoms. The Morgan fingerprint density at radius 3 is 2.93 bits per heavy atom. The van der Waals surface area contributed by atoms with Crippen molar-refractivity contribution in [3.63, 3.8) is 0 Å². The zero-order valence-corrected chi connectivity index (χ0v) is 9.91. The van der Waals surface area contributed by atoms with Gasteiger partial charge in [0.2, 0.25) is 0 Å². The molecule has 1 aliphatic heterocycles. The van der Waals surface area contributed by atoms with E-state index in [9.17, 15) is 0 Å². The second-order valence-corrected chi connectivity index (χ2v) is 5.34. The van der Waals surface area contributed by atoms with E-state index in [4.69, 9.17) is 5.73 Å². The molecule has 0 spiro atoms. The van der Waals surface area contributed by atoms with Crippen LogP contribution in [0, 0.1) is 11.8 Å². The number of hydrogen-bond donors (Lipinski definition) is 2. The fraction of sp³-hybridized carbons (Fsp3) is 0.818. The Labute approximate surface area is 91.4 Å². The Morgan fingerprint density at radius 1 is 1.64 bits per heavy atom. The molecule has 1 fully saturated rings. The molecule has 0 aromatic rings. The van der Waals surface area contributed by atoms with Crippen molar-refractivity contribution in [1.82, 2.24) is 5.32 Å². The normalized spacial score (nSPS) is 31.2. The highest BCUT2D eigenvalue weighted by atomic mass is 32.2. The molecule has 2 unspecified atom stereocenters. The van der Waals surface area contributed by atoms with Crippen molar-refractivity contribution < 1.29 is 0 Å². The molecule has 0 amide bonds. The number of rotatable bonds is 4. The molecule has 1 rings (SSSR count). The molecule has 1 saturated heterocycles. The minimum atomic E-state index is 0.180. The Morgan fingerprint density at radius 2 is 2.43 bits per heavy atom. The minimum Gasteiger partial charge on any atom is -0.329 e. The van der Waals surface area contributed by atoms with E-state index in [1.807, 2.05) is 18.7 Å². The number of hydrogen-bond acceptors (Lipinski definition) is 3. The fourth-order valence-corrected chi connectivity index (χ4v) is 3.20. The lowest BCUT2D eigenvalue weighted by molar-refractivity contribution is 0.366. The summed E-state index contributed by atoms with van der Waals surface area (Å²) in [5.74, 6) is 7.11. The molecule has 0 saturated carbocycles. The van der Waals surface area contributed by atoms with Crippen molar-refractivity contribution in [1.29, 1.82) is 0 Å². The second kappa shape index (κ2) is 5.65. The molecule has 3 heteroatoms. The number of nitrogens with two attached hydrogens (primary N) is 1. The van der Waals surface area contributed by atoms with Gasteiger partial charge in [-0.1, -0.05) is 6.92 Å². The number of nitrogens with one attached hydrogen (secondary N) is 1. The van der Waals surface area contributed by atoms with Crippen molar-refractivity contribution in [3.8, 4) is 11.8 Å². The van der Waals surface area contributed by atoms with E-state index in [1.54, 1.807) is 0 Å². The maximum absolute atomic E-state index is 5.83. The van der Waals surface area contributed by atoms with Crippen LogP contribution in [0.3, 0.4) is 0 Å². The molecule has 2 nitrogen and oxygen atoms in total. The largest absolute Gasteiger partial charge is 0.329 e. The van der Waals surface area contributed by atoms with Crippen LogP contribution in [-0.4, -0.2) is 29.6 Å². The predicted molar refractivity (Wildman–Crippen MR) is 64.4 cm³/mol. The fourth-order valence-electron chi connectivity index (χ4n) is 1.82. The molecule has 0 aromatic heterocycles. The van der Waals surface area contributed by atoms with Gasteiger partial charge in [0, 0.05) is 36.1 Å². The molecule has 80 valence electrons. The van der Waals surface area contributed by atoms with E-state index in [0.717, 1.165) is 30.5 Å². The van der Waals surface area contributed by atoms with Crippen LogP contribution in [0.4, 0.5) is 0 Å². The van der Waals surface area contributed by atoms with Crippen molar-refractivity contribution in [3.05, 3.63) is 0 Å². The van der Waals surface area contributed by atoms with E-state index in [-0.39, 0.29) is 5.54 Å². The summed E-state index contributed by atoms with van der Waals surface area (Å²) < 4.78 is 0. The first-order valence-corrected chi connectivity index (χ1v) is 6.23. The van der Waals surface area contributed by atoms with E-state index in [1.165, 1.54) is 6.42 Å². The smallest absolute Gasteiger partial charge is 0.0406 e. The summed E-state index contributed by atoms with van der Waals surface area (Å²) in [4.78, 5) is 0.